The van der Waals surface area contributed by atoms with Crippen LogP contribution in [-0.4, -0.2) is 188 Å². The predicted octanol–water partition coefficient (Wildman–Crippen LogP) is -1.95. The number of aliphatic hydroxyl groups excluding tert-OH is 2. The number of methoxy groups -OCH3 is 1. The van der Waals surface area contributed by atoms with Gasteiger partial charge < -0.3 is 71.5 Å². The number of imidazole rings is 1. The Morgan fingerprint density at radius 2 is 1.77 bits per heavy atom. The molecule has 33 nitrogen and oxygen atoms in total. The van der Waals surface area contributed by atoms with E-state index in [2.05, 4.69) is 49.9 Å². The number of ether oxygens (including phenoxy) is 2. The molecule has 3 aromatic rings. The first-order valence-corrected chi connectivity index (χ1v) is 29.0. The smallest absolute Gasteiger partial charge is 0.398 e. The van der Waals surface area contributed by atoms with Gasteiger partial charge in [-0.15, -0.1) is 23.1 Å². The first-order valence-electron chi connectivity index (χ1n) is 21.5. The monoisotopic (exact) mass is 1180 g/mol. The molecular weight excluding hydrogens is 1130 g/mol. The van der Waals surface area contributed by atoms with Gasteiger partial charge >= 0.3 is 23.5 Å². The predicted molar refractivity (Wildman–Crippen MR) is 261 cm³/mol. The zero-order valence-corrected chi connectivity index (χ0v) is 44.7. The lowest BCUT2D eigenvalue weighted by Crippen LogP contribution is -2.71. The van der Waals surface area contributed by atoms with Crippen molar-refractivity contribution in [2.45, 2.75) is 62.3 Å². The molecule has 13 N–H and O–H groups in total. The number of nitrogen functional groups attached to an aromatic ring is 2. The molecule has 9 atom stereocenters. The Hall–Kier alpha value is -4.55. The molecule has 39 heteroatoms. The molecule has 0 aromatic carbocycles. The fourth-order valence-electron chi connectivity index (χ4n) is 7.20. The van der Waals surface area contributed by atoms with Crippen molar-refractivity contribution in [3.8, 4) is 0 Å². The molecule has 4 amide bonds. The Balaban J connectivity index is 0.917. The molecule has 6 heterocycles. The zero-order chi connectivity index (χ0) is 55.2. The number of phosphoric ester groups is 3. The number of aliphatic hydroxyl groups is 2. The van der Waals surface area contributed by atoms with E-state index < -0.39 is 113 Å². The maximum atomic E-state index is 13.5. The molecule has 2 saturated heterocycles. The fourth-order valence-corrected chi connectivity index (χ4v) is 12.7. The largest absolute Gasteiger partial charge is 0.481 e. The van der Waals surface area contributed by atoms with Crippen LogP contribution in [0.15, 0.2) is 34.5 Å². The minimum atomic E-state index is -5.63. The van der Waals surface area contributed by atoms with Crippen molar-refractivity contribution in [1.82, 2.24) is 45.4 Å². The summed E-state index contributed by atoms with van der Waals surface area (Å²) in [6.07, 6.45) is -7.29. The number of nitrogens with one attached hydrogen (secondary N) is 3. The van der Waals surface area contributed by atoms with Crippen LogP contribution in [-0.2, 0) is 69.9 Å². The second-order valence-corrected chi connectivity index (χ2v) is 23.9. The lowest BCUT2D eigenvalue weighted by molar-refractivity contribution is -0.146. The van der Waals surface area contributed by atoms with Crippen molar-refractivity contribution in [2.75, 3.05) is 70.1 Å². The Morgan fingerprint density at radius 3 is 2.44 bits per heavy atom. The Bertz CT molecular complexity index is 2850. The maximum Gasteiger partial charge on any atom is 0.481 e. The van der Waals surface area contributed by atoms with E-state index in [1.54, 1.807) is 0 Å². The molecule has 414 valence electrons. The van der Waals surface area contributed by atoms with Gasteiger partial charge in [-0.05, 0) is 5.57 Å². The molecule has 6 rings (SSSR count). The molecule has 0 aliphatic carbocycles. The molecule has 0 spiro atoms. The number of hydrogen-bond donors (Lipinski definition) is 11. The minimum absolute atomic E-state index is 0.00922. The van der Waals surface area contributed by atoms with Crippen LogP contribution in [0.4, 0.5) is 10.9 Å². The molecule has 75 heavy (non-hydrogen) atoms. The summed E-state index contributed by atoms with van der Waals surface area (Å²) in [5.41, 5.74) is 10.4. The third-order valence-corrected chi connectivity index (χ3v) is 16.7. The molecule has 7 unspecified atom stereocenters. The highest BCUT2D eigenvalue weighted by Crippen LogP contribution is 2.61. The summed E-state index contributed by atoms with van der Waals surface area (Å²) in [4.78, 5) is 127. The summed E-state index contributed by atoms with van der Waals surface area (Å²) in [6.45, 7) is 0.0300. The number of phosphoric acid groups is 3. The number of rotatable bonds is 26. The molecule has 3 aliphatic rings. The number of oxime groups is 1. The van der Waals surface area contributed by atoms with Crippen molar-refractivity contribution in [1.29, 1.82) is 0 Å². The van der Waals surface area contributed by atoms with Gasteiger partial charge in [0.2, 0.25) is 16.9 Å². The number of hydrogen-bond acceptors (Lipinski definition) is 27. The summed E-state index contributed by atoms with van der Waals surface area (Å²) in [5, 5.41) is 33.5. The van der Waals surface area contributed by atoms with E-state index in [-0.39, 0.29) is 71.1 Å². The van der Waals surface area contributed by atoms with E-state index in [0.717, 1.165) is 40.3 Å². The molecule has 0 saturated carbocycles. The van der Waals surface area contributed by atoms with Gasteiger partial charge in [-0.25, -0.2) is 33.6 Å². The highest BCUT2D eigenvalue weighted by atomic mass is 32.2. The number of nitrogens with zero attached hydrogens (tertiary/aromatic N) is 7. The number of fused-ring (bicyclic) bond motifs is 2. The normalized spacial score (nSPS) is 23.2. The van der Waals surface area contributed by atoms with Crippen LogP contribution in [0.1, 0.15) is 32.2 Å². The van der Waals surface area contributed by atoms with Gasteiger partial charge in [0.05, 0.1) is 26.1 Å². The average molecular weight is 1180 g/mol. The first kappa shape index (κ1) is 59.7. The summed E-state index contributed by atoms with van der Waals surface area (Å²) >= 11 is 3.20. The van der Waals surface area contributed by atoms with E-state index in [1.807, 2.05) is 0 Å². The second kappa shape index (κ2) is 24.8. The Labute approximate surface area is 436 Å². The van der Waals surface area contributed by atoms with Crippen LogP contribution in [0.5, 0.6) is 0 Å². The Kier molecular flexibility index (Phi) is 19.8. The standard InChI is InChI=1S/C36H51N12O21P3S3/c1-36(2,13-66-72(61,62)69-71(59,60)65-10-18-25(68-70(56,57)58)24(50)32(67-18)47-15-43-21-27(37)41-14-42-28(21)47)26(51)30(53)40-6-5-19(49)39-7-8-73-34(55)23-16(9-63-3)11-74-33-22(31(54)48(23)33)45-29(52)20(46-64-4)17-12-75-35(38)44-17/h12,14-15,18,22,24-26,32-33,50-51H,5-11,13H2,1-4H3,(H2,38,44)(H,39,49)(H,40,53)(H,45,52)(H,59,60)(H,61,62)(H2,37,41,42)(H2,56,57,58)/b46-20-/t18?,22-,24?,25?,26?,32?,33-/m1/s1. The van der Waals surface area contributed by atoms with Crippen LogP contribution in [0.3, 0.4) is 0 Å². The third-order valence-electron chi connectivity index (χ3n) is 10.7. The van der Waals surface area contributed by atoms with Crippen molar-refractivity contribution >= 4 is 115 Å². The molecule has 2 fully saturated rings. The lowest BCUT2D eigenvalue weighted by Gasteiger charge is -2.50. The Morgan fingerprint density at radius 1 is 1.05 bits per heavy atom. The van der Waals surface area contributed by atoms with Crippen molar-refractivity contribution in [2.24, 2.45) is 10.6 Å². The minimum Gasteiger partial charge on any atom is -0.398 e. The summed E-state index contributed by atoms with van der Waals surface area (Å²) in [6, 6.07) is -1.01. The van der Waals surface area contributed by atoms with Gasteiger partial charge in [-0.1, -0.05) is 30.8 Å². The number of nitrogens with two attached hydrogens (primary N) is 2. The third kappa shape index (κ3) is 14.9. The van der Waals surface area contributed by atoms with Gasteiger partial charge in [-0.3, -0.25) is 47.0 Å². The molecule has 3 aliphatic heterocycles. The number of thiazole rings is 1. The van der Waals surface area contributed by atoms with E-state index in [9.17, 15) is 67.5 Å². The number of amides is 4. The molecule has 0 bridgehead atoms. The van der Waals surface area contributed by atoms with Crippen LogP contribution in [0.2, 0.25) is 0 Å². The highest BCUT2D eigenvalue weighted by Gasteiger charge is 2.55. The lowest BCUT2D eigenvalue weighted by atomic mass is 9.87. The number of aromatic nitrogens is 5. The number of anilines is 2. The van der Waals surface area contributed by atoms with Gasteiger partial charge in [0.15, 0.2) is 28.5 Å². The van der Waals surface area contributed by atoms with Crippen LogP contribution < -0.4 is 27.4 Å². The van der Waals surface area contributed by atoms with E-state index in [4.69, 9.17) is 34.8 Å². The maximum absolute atomic E-state index is 13.5. The highest BCUT2D eigenvalue weighted by molar-refractivity contribution is 8.14. The number of carbonyl (C=O) groups excluding carboxylic acids is 5. The van der Waals surface area contributed by atoms with Crippen LogP contribution >= 0.6 is 58.3 Å². The van der Waals surface area contributed by atoms with Gasteiger partial charge in [0.1, 0.15) is 66.2 Å². The summed E-state index contributed by atoms with van der Waals surface area (Å²) in [7, 11) is -13.9. The van der Waals surface area contributed by atoms with Crippen LogP contribution in [0.25, 0.3) is 11.2 Å². The number of carbonyl (C=O) groups is 5. The zero-order valence-electron chi connectivity index (χ0n) is 39.6. The quantitative estimate of drug-likeness (QED) is 0.0137. The second-order valence-electron chi connectivity index (χ2n) is 16.6. The summed E-state index contributed by atoms with van der Waals surface area (Å²) < 4.78 is 67.9. The SMILES string of the molecule is COCC1=C(C(=O)SCCNC(=O)CCNC(=O)C(O)C(C)(C)COP(=O)(O)OP(=O)(O)OCC2OC(n3cnc4c(N)ncnc43)C(O)C2OP(=O)(O)O)N2C(=O)[C@@H](NC(=O)/C(=N\OC)c3csc(N)n3)[C@H]2SC1. The molecular formula is C36H51N12O21P3S3. The topological polar surface area (TPSA) is 483 Å². The van der Waals surface area contributed by atoms with Crippen molar-refractivity contribution < 1.29 is 99.6 Å². The fraction of sp³-hybridized carbons (Fsp3) is 0.556. The van der Waals surface area contributed by atoms with Crippen molar-refractivity contribution in [3.05, 3.63) is 35.0 Å². The van der Waals surface area contributed by atoms with E-state index in [0.29, 0.717) is 11.3 Å². The average Bonchev–Trinajstić information content (AvgIpc) is 4.05. The van der Waals surface area contributed by atoms with Gasteiger partial charge in [0, 0.05) is 48.9 Å². The molecule has 3 aromatic heterocycles. The van der Waals surface area contributed by atoms with E-state index in [1.165, 1.54) is 50.1 Å². The van der Waals surface area contributed by atoms with Gasteiger partial charge in [0.25, 0.3) is 11.8 Å². The first-order chi connectivity index (χ1) is 35.2. The molecule has 0 radical (unpaired) electrons. The van der Waals surface area contributed by atoms with Crippen LogP contribution in [0, 0.1) is 5.41 Å². The number of thioether (sulfide) groups is 2. The summed E-state index contributed by atoms with van der Waals surface area (Å²) in [5.74, 6) is -2.62. The van der Waals surface area contributed by atoms with Crippen molar-refractivity contribution in [3.63, 3.8) is 0 Å². The number of β-lactam (4-membered cyclic amide) rings is 1. The van der Waals surface area contributed by atoms with Gasteiger partial charge in [-0.2, -0.15) is 4.31 Å². The van der Waals surface area contributed by atoms with E-state index >= 15 is 0 Å².